The lowest BCUT2D eigenvalue weighted by molar-refractivity contribution is 0.404. The van der Waals surface area contributed by atoms with E-state index in [2.05, 4.69) is 4.99 Å². The Morgan fingerprint density at radius 2 is 1.60 bits per heavy atom. The molecular weight excluding hydrogens is 380 g/mol. The van der Waals surface area contributed by atoms with E-state index in [1.54, 1.807) is 62.8 Å². The van der Waals surface area contributed by atoms with Gasteiger partial charge in [0.2, 0.25) is 5.88 Å². The third-order valence-electron chi connectivity index (χ3n) is 4.84. The minimum atomic E-state index is -0.301. The summed E-state index contributed by atoms with van der Waals surface area (Å²) in [7, 11) is 3.13. The van der Waals surface area contributed by atoms with E-state index in [4.69, 9.17) is 9.47 Å². The first-order valence-electron chi connectivity index (χ1n) is 9.32. The van der Waals surface area contributed by atoms with Crippen LogP contribution in [0, 0.1) is 0 Å². The predicted molar refractivity (Wildman–Crippen MR) is 118 cm³/mol. The van der Waals surface area contributed by atoms with Crippen molar-refractivity contribution < 1.29 is 14.6 Å². The molecule has 0 aliphatic heterocycles. The number of ether oxygens (including phenoxy) is 2. The van der Waals surface area contributed by atoms with Gasteiger partial charge in [0, 0.05) is 23.1 Å². The van der Waals surface area contributed by atoms with Crippen molar-refractivity contribution in [3.05, 3.63) is 88.7 Å². The fourth-order valence-corrected chi connectivity index (χ4v) is 3.34. The van der Waals surface area contributed by atoms with Gasteiger partial charge in [0.05, 0.1) is 25.5 Å². The maximum absolute atomic E-state index is 13.1. The molecule has 4 aromatic rings. The molecule has 0 amide bonds. The van der Waals surface area contributed by atoms with Gasteiger partial charge < -0.3 is 14.6 Å². The first-order valence-corrected chi connectivity index (χ1v) is 9.32. The van der Waals surface area contributed by atoms with E-state index in [1.165, 1.54) is 10.8 Å². The lowest BCUT2D eigenvalue weighted by Gasteiger charge is -2.13. The van der Waals surface area contributed by atoms with E-state index in [9.17, 15) is 9.90 Å². The molecule has 6 heteroatoms. The van der Waals surface area contributed by atoms with Gasteiger partial charge in [-0.1, -0.05) is 36.4 Å². The van der Waals surface area contributed by atoms with Crippen molar-refractivity contribution >= 4 is 22.7 Å². The predicted octanol–water partition coefficient (Wildman–Crippen LogP) is 4.46. The number of methoxy groups -OCH3 is 2. The van der Waals surface area contributed by atoms with Gasteiger partial charge in [0.1, 0.15) is 17.2 Å². The van der Waals surface area contributed by atoms with E-state index in [1.807, 2.05) is 24.3 Å². The molecule has 1 heterocycles. The molecule has 0 bridgehead atoms. The second-order valence-electron chi connectivity index (χ2n) is 6.55. The number of hydrogen-bond acceptors (Lipinski definition) is 5. The lowest BCUT2D eigenvalue weighted by Crippen LogP contribution is -2.20. The molecule has 4 rings (SSSR count). The minimum absolute atomic E-state index is 0.185. The standard InChI is InChI=1S/C24H20N2O4/c1-29-17-12-13-22(30-2)21(14-17)25-15-20-18-10-6-7-11-19(18)23(27)26(24(20)28)16-8-4-3-5-9-16/h3-15,28H,1-2H3. The zero-order valence-electron chi connectivity index (χ0n) is 16.6. The number of aliphatic imine (C=N–C) groups is 1. The van der Waals surface area contributed by atoms with Gasteiger partial charge in [-0.25, -0.2) is 4.57 Å². The number of benzene rings is 3. The van der Waals surface area contributed by atoms with Crippen LogP contribution in [0.2, 0.25) is 0 Å². The molecule has 0 atom stereocenters. The Balaban J connectivity index is 1.96. The first kappa shape index (κ1) is 19.3. The molecule has 0 spiro atoms. The minimum Gasteiger partial charge on any atom is -0.497 e. The largest absolute Gasteiger partial charge is 0.497 e. The molecule has 1 N–H and O–H groups in total. The third-order valence-corrected chi connectivity index (χ3v) is 4.84. The lowest BCUT2D eigenvalue weighted by atomic mass is 10.1. The van der Waals surface area contributed by atoms with E-state index < -0.39 is 0 Å². The number of aromatic nitrogens is 1. The monoisotopic (exact) mass is 400 g/mol. The summed E-state index contributed by atoms with van der Waals surface area (Å²) >= 11 is 0. The fraction of sp³-hybridized carbons (Fsp3) is 0.0833. The molecule has 0 aliphatic rings. The molecule has 6 nitrogen and oxygen atoms in total. The number of pyridine rings is 1. The Hall–Kier alpha value is -4.06. The van der Waals surface area contributed by atoms with Crippen molar-refractivity contribution in [1.82, 2.24) is 4.57 Å². The van der Waals surface area contributed by atoms with Gasteiger partial charge >= 0.3 is 0 Å². The summed E-state index contributed by atoms with van der Waals surface area (Å²) in [5.74, 6) is 1.01. The van der Waals surface area contributed by atoms with Crippen LogP contribution in [-0.2, 0) is 0 Å². The van der Waals surface area contributed by atoms with Gasteiger partial charge in [-0.05, 0) is 30.3 Å². The average molecular weight is 400 g/mol. The number of fused-ring (bicyclic) bond motifs is 1. The van der Waals surface area contributed by atoms with Gasteiger partial charge in [-0.2, -0.15) is 0 Å². The highest BCUT2D eigenvalue weighted by Crippen LogP contribution is 2.32. The van der Waals surface area contributed by atoms with Crippen LogP contribution >= 0.6 is 0 Å². The van der Waals surface area contributed by atoms with Crippen LogP contribution in [0.3, 0.4) is 0 Å². The van der Waals surface area contributed by atoms with Crippen LogP contribution in [0.1, 0.15) is 5.56 Å². The van der Waals surface area contributed by atoms with Crippen molar-refractivity contribution in [2.75, 3.05) is 14.2 Å². The maximum Gasteiger partial charge on any atom is 0.265 e. The van der Waals surface area contributed by atoms with E-state index in [0.717, 1.165) is 0 Å². The van der Waals surface area contributed by atoms with Crippen LogP contribution in [0.25, 0.3) is 16.5 Å². The van der Waals surface area contributed by atoms with Gasteiger partial charge in [-0.15, -0.1) is 0 Å². The molecule has 0 aliphatic carbocycles. The highest BCUT2D eigenvalue weighted by atomic mass is 16.5. The first-order chi connectivity index (χ1) is 14.6. The van der Waals surface area contributed by atoms with E-state index in [0.29, 0.717) is 39.2 Å². The summed E-state index contributed by atoms with van der Waals surface area (Å²) in [5.41, 5.74) is 1.24. The summed E-state index contributed by atoms with van der Waals surface area (Å²) < 4.78 is 11.9. The van der Waals surface area contributed by atoms with Gasteiger partial charge in [0.25, 0.3) is 5.56 Å². The molecule has 0 fully saturated rings. The third kappa shape index (κ3) is 3.39. The van der Waals surface area contributed by atoms with E-state index in [-0.39, 0.29) is 11.4 Å². The zero-order chi connectivity index (χ0) is 21.1. The highest BCUT2D eigenvalue weighted by Gasteiger charge is 2.16. The Labute approximate surface area is 173 Å². The molecule has 150 valence electrons. The molecule has 0 saturated carbocycles. The van der Waals surface area contributed by atoms with Gasteiger partial charge in [-0.3, -0.25) is 9.79 Å². The van der Waals surface area contributed by atoms with Crippen molar-refractivity contribution in [2.45, 2.75) is 0 Å². The van der Waals surface area contributed by atoms with Crippen LogP contribution in [0.5, 0.6) is 17.4 Å². The molecule has 0 saturated heterocycles. The smallest absolute Gasteiger partial charge is 0.265 e. The number of aromatic hydroxyl groups is 1. The second kappa shape index (κ2) is 8.13. The summed E-state index contributed by atoms with van der Waals surface area (Å²) in [6.45, 7) is 0. The van der Waals surface area contributed by atoms with Crippen LogP contribution in [0.4, 0.5) is 5.69 Å². The Morgan fingerprint density at radius 3 is 2.30 bits per heavy atom. The topological polar surface area (TPSA) is 73.0 Å². The normalized spacial score (nSPS) is 11.1. The maximum atomic E-state index is 13.1. The summed E-state index contributed by atoms with van der Waals surface area (Å²) in [4.78, 5) is 17.6. The van der Waals surface area contributed by atoms with Gasteiger partial charge in [0.15, 0.2) is 0 Å². The van der Waals surface area contributed by atoms with Crippen LogP contribution in [-0.4, -0.2) is 30.1 Å². The van der Waals surface area contributed by atoms with Crippen LogP contribution < -0.4 is 15.0 Å². The fourth-order valence-electron chi connectivity index (χ4n) is 3.34. The van der Waals surface area contributed by atoms with Crippen molar-refractivity contribution in [2.24, 2.45) is 4.99 Å². The van der Waals surface area contributed by atoms with Crippen molar-refractivity contribution in [3.63, 3.8) is 0 Å². The Kier molecular flexibility index (Phi) is 5.22. The number of para-hydroxylation sites is 1. The Morgan fingerprint density at radius 1 is 0.900 bits per heavy atom. The zero-order valence-corrected chi connectivity index (χ0v) is 16.6. The number of hydrogen-bond donors (Lipinski definition) is 1. The average Bonchev–Trinajstić information content (AvgIpc) is 2.79. The molecule has 0 radical (unpaired) electrons. The van der Waals surface area contributed by atoms with Crippen molar-refractivity contribution in [3.8, 4) is 23.1 Å². The molecule has 1 aromatic heterocycles. The van der Waals surface area contributed by atoms with E-state index >= 15 is 0 Å². The quantitative estimate of drug-likeness (QED) is 0.502. The second-order valence-corrected chi connectivity index (χ2v) is 6.55. The molecule has 30 heavy (non-hydrogen) atoms. The highest BCUT2D eigenvalue weighted by molar-refractivity contribution is 6.02. The molecule has 0 unspecified atom stereocenters. The summed E-state index contributed by atoms with van der Waals surface area (Å²) in [6.07, 6.45) is 1.54. The SMILES string of the molecule is COc1ccc(OC)c(N=Cc2c(O)n(-c3ccccc3)c(=O)c3ccccc23)c1. The summed E-state index contributed by atoms with van der Waals surface area (Å²) in [5, 5.41) is 12.1. The number of rotatable bonds is 5. The van der Waals surface area contributed by atoms with Crippen LogP contribution in [0.15, 0.2) is 82.6 Å². The number of nitrogens with zero attached hydrogens (tertiary/aromatic N) is 2. The van der Waals surface area contributed by atoms with Crippen molar-refractivity contribution in [1.29, 1.82) is 0 Å². The molecule has 3 aromatic carbocycles. The Bertz CT molecular complexity index is 1290. The molecular formula is C24H20N2O4. The summed E-state index contributed by atoms with van der Waals surface area (Å²) in [6, 6.07) is 21.4.